The summed E-state index contributed by atoms with van der Waals surface area (Å²) in [6, 6.07) is 9.21. The van der Waals surface area contributed by atoms with E-state index in [1.807, 2.05) is 30.5 Å². The minimum atomic E-state index is -0.129. The molecule has 1 aliphatic rings. The van der Waals surface area contributed by atoms with E-state index in [4.69, 9.17) is 5.26 Å². The predicted molar refractivity (Wildman–Crippen MR) is 91.4 cm³/mol. The van der Waals surface area contributed by atoms with E-state index in [2.05, 4.69) is 16.5 Å². The molecule has 1 aromatic heterocycles. The first-order chi connectivity index (χ1) is 11.5. The quantitative estimate of drug-likeness (QED) is 0.939. The molecule has 1 heterocycles. The van der Waals surface area contributed by atoms with Crippen LogP contribution in [0.25, 0.3) is 0 Å². The lowest BCUT2D eigenvalue weighted by atomic mass is 10.2. The molecule has 24 heavy (non-hydrogen) atoms. The van der Waals surface area contributed by atoms with E-state index >= 15 is 0 Å². The second-order valence-corrected chi connectivity index (χ2v) is 6.25. The van der Waals surface area contributed by atoms with Gasteiger partial charge < -0.3 is 10.2 Å². The van der Waals surface area contributed by atoms with Crippen molar-refractivity contribution in [2.45, 2.75) is 39.3 Å². The number of nitrogens with one attached hydrogen (secondary N) is 1. The van der Waals surface area contributed by atoms with Gasteiger partial charge in [0.25, 0.3) is 0 Å². The Bertz CT molecular complexity index is 813. The molecule has 2 aromatic rings. The van der Waals surface area contributed by atoms with E-state index in [1.54, 1.807) is 24.3 Å². The molecule has 1 aromatic carbocycles. The summed E-state index contributed by atoms with van der Waals surface area (Å²) in [7, 11) is 1.92. The molecule has 1 N–H and O–H groups in total. The highest BCUT2D eigenvalue weighted by molar-refractivity contribution is 5.90. The zero-order valence-corrected chi connectivity index (χ0v) is 14.2. The second kappa shape index (κ2) is 6.36. The molecule has 0 aliphatic heterocycles. The van der Waals surface area contributed by atoms with Gasteiger partial charge in [-0.15, -0.1) is 0 Å². The lowest BCUT2D eigenvalue weighted by molar-refractivity contribution is 0.206. The maximum absolute atomic E-state index is 12.7. The van der Waals surface area contributed by atoms with Gasteiger partial charge in [-0.2, -0.15) is 10.4 Å². The maximum atomic E-state index is 12.7. The molecule has 0 spiro atoms. The fourth-order valence-corrected chi connectivity index (χ4v) is 2.83. The summed E-state index contributed by atoms with van der Waals surface area (Å²) in [6.45, 7) is 4.55. The Balaban J connectivity index is 1.78. The molecular formula is C18H21N5O. The summed E-state index contributed by atoms with van der Waals surface area (Å²) in [5, 5.41) is 16.3. The number of aryl methyl sites for hydroxylation is 2. The van der Waals surface area contributed by atoms with Gasteiger partial charge in [-0.3, -0.25) is 4.68 Å². The molecule has 0 unspecified atom stereocenters. The van der Waals surface area contributed by atoms with Crippen LogP contribution in [0.1, 0.15) is 35.4 Å². The molecule has 0 saturated heterocycles. The molecule has 3 rings (SSSR count). The van der Waals surface area contributed by atoms with Gasteiger partial charge in [-0.1, -0.05) is 6.07 Å². The van der Waals surface area contributed by atoms with E-state index < -0.39 is 0 Å². The largest absolute Gasteiger partial charge is 0.322 e. The summed E-state index contributed by atoms with van der Waals surface area (Å²) in [6.07, 6.45) is 2.06. The first kappa shape index (κ1) is 16.1. The number of hydrogen-bond acceptors (Lipinski definition) is 3. The summed E-state index contributed by atoms with van der Waals surface area (Å²) in [4.78, 5) is 14.6. The molecular weight excluding hydrogens is 302 g/mol. The third-order valence-corrected chi connectivity index (χ3v) is 4.48. The number of anilines is 1. The van der Waals surface area contributed by atoms with Crippen LogP contribution in [0.2, 0.25) is 0 Å². The third-order valence-electron chi connectivity index (χ3n) is 4.48. The Morgan fingerprint density at radius 3 is 2.79 bits per heavy atom. The van der Waals surface area contributed by atoms with E-state index in [1.165, 1.54) is 0 Å². The molecule has 0 radical (unpaired) electrons. The fourth-order valence-electron chi connectivity index (χ4n) is 2.83. The van der Waals surface area contributed by atoms with Crippen LogP contribution in [0.15, 0.2) is 24.3 Å². The predicted octanol–water partition coefficient (Wildman–Crippen LogP) is 3.11. The number of aromatic nitrogens is 2. The number of carbonyl (C=O) groups is 1. The molecule has 1 saturated carbocycles. The number of nitrogens with zero attached hydrogens (tertiary/aromatic N) is 4. The zero-order chi connectivity index (χ0) is 17.3. The number of carbonyl (C=O) groups excluding carboxylic acids is 1. The number of nitriles is 1. The number of benzene rings is 1. The first-order valence-corrected chi connectivity index (χ1v) is 8.06. The monoisotopic (exact) mass is 323 g/mol. The van der Waals surface area contributed by atoms with Gasteiger partial charge >= 0.3 is 6.03 Å². The van der Waals surface area contributed by atoms with Gasteiger partial charge in [-0.25, -0.2) is 4.79 Å². The Morgan fingerprint density at radius 2 is 2.21 bits per heavy atom. The van der Waals surface area contributed by atoms with Crippen LogP contribution in [0.5, 0.6) is 0 Å². The molecule has 1 fully saturated rings. The summed E-state index contributed by atoms with van der Waals surface area (Å²) < 4.78 is 1.85. The maximum Gasteiger partial charge on any atom is 0.322 e. The van der Waals surface area contributed by atoms with Crippen LogP contribution >= 0.6 is 0 Å². The standard InChI is InChI=1S/C18H21N5O/c1-12-17(13(2)22(3)21-12)11-23(16-7-8-16)18(24)20-15-6-4-5-14(9-15)10-19/h4-6,9,16H,7-8,11H2,1-3H3,(H,20,24). The minimum Gasteiger partial charge on any atom is -0.317 e. The smallest absolute Gasteiger partial charge is 0.317 e. The second-order valence-electron chi connectivity index (χ2n) is 6.25. The molecule has 2 amide bonds. The van der Waals surface area contributed by atoms with Crippen LogP contribution < -0.4 is 5.32 Å². The summed E-state index contributed by atoms with van der Waals surface area (Å²) in [5.74, 6) is 0. The summed E-state index contributed by atoms with van der Waals surface area (Å²) in [5.41, 5.74) is 4.32. The third kappa shape index (κ3) is 3.25. The van der Waals surface area contributed by atoms with Crippen LogP contribution in [0, 0.1) is 25.2 Å². The highest BCUT2D eigenvalue weighted by Crippen LogP contribution is 2.30. The van der Waals surface area contributed by atoms with Gasteiger partial charge in [0.15, 0.2) is 0 Å². The minimum absolute atomic E-state index is 0.129. The average Bonchev–Trinajstić information content (AvgIpc) is 3.36. The van der Waals surface area contributed by atoms with Gasteiger partial charge in [0, 0.05) is 30.0 Å². The molecule has 6 nitrogen and oxygen atoms in total. The van der Waals surface area contributed by atoms with Gasteiger partial charge in [-0.05, 0) is 44.9 Å². The van der Waals surface area contributed by atoms with Crippen molar-refractivity contribution in [2.75, 3.05) is 5.32 Å². The SMILES string of the molecule is Cc1nn(C)c(C)c1CN(C(=O)Nc1cccc(C#N)c1)C1CC1. The Morgan fingerprint density at radius 1 is 1.46 bits per heavy atom. The number of hydrogen-bond donors (Lipinski definition) is 1. The Hall–Kier alpha value is -2.81. The molecule has 0 bridgehead atoms. The van der Waals surface area contributed by atoms with Crippen molar-refractivity contribution in [1.29, 1.82) is 5.26 Å². The van der Waals surface area contributed by atoms with Crippen molar-refractivity contribution in [1.82, 2.24) is 14.7 Å². The Labute approximate surface area is 141 Å². The lowest BCUT2D eigenvalue weighted by Crippen LogP contribution is -2.36. The van der Waals surface area contributed by atoms with Gasteiger partial charge in [0.1, 0.15) is 0 Å². The van der Waals surface area contributed by atoms with Crippen molar-refractivity contribution in [3.63, 3.8) is 0 Å². The molecule has 1 aliphatic carbocycles. The van der Waals surface area contributed by atoms with Crippen LogP contribution in [-0.4, -0.2) is 26.8 Å². The van der Waals surface area contributed by atoms with E-state index in [-0.39, 0.29) is 12.1 Å². The highest BCUT2D eigenvalue weighted by atomic mass is 16.2. The molecule has 124 valence electrons. The van der Waals surface area contributed by atoms with E-state index in [9.17, 15) is 4.79 Å². The van der Waals surface area contributed by atoms with Crippen LogP contribution in [-0.2, 0) is 13.6 Å². The molecule has 6 heteroatoms. The van der Waals surface area contributed by atoms with E-state index in [0.29, 0.717) is 17.8 Å². The van der Waals surface area contributed by atoms with Crippen molar-refractivity contribution in [3.05, 3.63) is 46.8 Å². The average molecular weight is 323 g/mol. The number of amides is 2. The topological polar surface area (TPSA) is 74.0 Å². The van der Waals surface area contributed by atoms with Crippen LogP contribution in [0.4, 0.5) is 10.5 Å². The zero-order valence-electron chi connectivity index (χ0n) is 14.2. The van der Waals surface area contributed by atoms with Crippen molar-refractivity contribution >= 4 is 11.7 Å². The first-order valence-electron chi connectivity index (χ1n) is 8.06. The summed E-state index contributed by atoms with van der Waals surface area (Å²) >= 11 is 0. The van der Waals surface area contributed by atoms with Crippen molar-refractivity contribution in [3.8, 4) is 6.07 Å². The molecule has 0 atom stereocenters. The normalized spacial score (nSPS) is 13.4. The van der Waals surface area contributed by atoms with E-state index in [0.717, 1.165) is 29.8 Å². The van der Waals surface area contributed by atoms with Crippen molar-refractivity contribution in [2.24, 2.45) is 7.05 Å². The fraction of sp³-hybridized carbons (Fsp3) is 0.389. The highest BCUT2D eigenvalue weighted by Gasteiger charge is 2.33. The van der Waals surface area contributed by atoms with Crippen LogP contribution in [0.3, 0.4) is 0 Å². The number of rotatable bonds is 4. The Kier molecular flexibility index (Phi) is 4.26. The lowest BCUT2D eigenvalue weighted by Gasteiger charge is -2.23. The van der Waals surface area contributed by atoms with Crippen molar-refractivity contribution < 1.29 is 4.79 Å². The van der Waals surface area contributed by atoms with Gasteiger partial charge in [0.2, 0.25) is 0 Å². The van der Waals surface area contributed by atoms with Gasteiger partial charge in [0.05, 0.1) is 23.9 Å². The number of urea groups is 1.